The van der Waals surface area contributed by atoms with Gasteiger partial charge >= 0.3 is 0 Å². The van der Waals surface area contributed by atoms with Gasteiger partial charge in [0, 0.05) is 22.0 Å². The summed E-state index contributed by atoms with van der Waals surface area (Å²) in [5.74, 6) is 0.246. The van der Waals surface area contributed by atoms with Gasteiger partial charge in [-0.05, 0) is 17.5 Å². The van der Waals surface area contributed by atoms with E-state index in [1.165, 1.54) is 10.1 Å². The molecule has 2 heterocycles. The van der Waals surface area contributed by atoms with Crippen LogP contribution in [0, 0.1) is 0 Å². The Bertz CT molecular complexity index is 743. The standard InChI is InChI=1S/C14H11N5S/c15-14(12-9-16-5-6-17-12)19-18-8-11-7-10-3-1-2-4-13(10)20-11/h1-9H,(H2,15,19). The Balaban J connectivity index is 1.80. The first-order chi connectivity index (χ1) is 9.83. The molecule has 3 aromatic rings. The number of hydrogen-bond donors (Lipinski definition) is 1. The van der Waals surface area contributed by atoms with Crippen LogP contribution in [0.15, 0.2) is 59.1 Å². The van der Waals surface area contributed by atoms with Crippen molar-refractivity contribution in [1.82, 2.24) is 9.97 Å². The predicted octanol–water partition coefficient (Wildman–Crippen LogP) is 2.43. The molecule has 0 aliphatic rings. The molecule has 0 saturated heterocycles. The third-order valence-corrected chi connectivity index (χ3v) is 3.67. The van der Waals surface area contributed by atoms with Gasteiger partial charge in [0.15, 0.2) is 5.84 Å². The highest BCUT2D eigenvalue weighted by Crippen LogP contribution is 2.23. The summed E-state index contributed by atoms with van der Waals surface area (Å²) in [4.78, 5) is 9.01. The lowest BCUT2D eigenvalue weighted by Gasteiger charge is -1.94. The summed E-state index contributed by atoms with van der Waals surface area (Å²) < 4.78 is 1.22. The SMILES string of the molecule is NC(=NN=Cc1cc2ccccc2s1)c1cnccn1. The van der Waals surface area contributed by atoms with Gasteiger partial charge in [-0.1, -0.05) is 18.2 Å². The lowest BCUT2D eigenvalue weighted by atomic mass is 10.2. The quantitative estimate of drug-likeness (QED) is 0.455. The van der Waals surface area contributed by atoms with Crippen LogP contribution < -0.4 is 5.73 Å². The topological polar surface area (TPSA) is 76.5 Å². The number of aromatic nitrogens is 2. The minimum atomic E-state index is 0.246. The van der Waals surface area contributed by atoms with Crippen LogP contribution in [0.4, 0.5) is 0 Å². The summed E-state index contributed by atoms with van der Waals surface area (Å²) in [5.41, 5.74) is 6.29. The van der Waals surface area contributed by atoms with Crippen LogP contribution in [0.3, 0.4) is 0 Å². The van der Waals surface area contributed by atoms with Gasteiger partial charge in [0.2, 0.25) is 0 Å². The first kappa shape index (κ1) is 12.4. The molecule has 0 aliphatic carbocycles. The van der Waals surface area contributed by atoms with E-state index < -0.39 is 0 Å². The largest absolute Gasteiger partial charge is 0.380 e. The third-order valence-electron chi connectivity index (χ3n) is 2.62. The second-order valence-corrected chi connectivity index (χ2v) is 5.12. The fraction of sp³-hybridized carbons (Fsp3) is 0. The summed E-state index contributed by atoms with van der Waals surface area (Å²) in [6.45, 7) is 0. The molecule has 0 radical (unpaired) electrons. The smallest absolute Gasteiger partial charge is 0.173 e. The van der Waals surface area contributed by atoms with E-state index in [-0.39, 0.29) is 5.84 Å². The first-order valence-electron chi connectivity index (χ1n) is 5.94. The van der Waals surface area contributed by atoms with Crippen molar-refractivity contribution in [2.75, 3.05) is 0 Å². The van der Waals surface area contributed by atoms with Crippen LogP contribution in [0.2, 0.25) is 0 Å². The van der Waals surface area contributed by atoms with E-state index in [0.29, 0.717) is 5.69 Å². The maximum absolute atomic E-state index is 5.77. The molecular weight excluding hydrogens is 270 g/mol. The number of amidine groups is 1. The fourth-order valence-electron chi connectivity index (χ4n) is 1.70. The second kappa shape index (κ2) is 5.58. The fourth-order valence-corrected chi connectivity index (χ4v) is 2.63. The van der Waals surface area contributed by atoms with E-state index in [4.69, 9.17) is 5.73 Å². The number of hydrogen-bond acceptors (Lipinski definition) is 5. The molecule has 3 rings (SSSR count). The van der Waals surface area contributed by atoms with E-state index in [1.807, 2.05) is 12.1 Å². The van der Waals surface area contributed by atoms with Crippen molar-refractivity contribution in [2.45, 2.75) is 0 Å². The Morgan fingerprint density at radius 3 is 2.95 bits per heavy atom. The number of rotatable bonds is 3. The average Bonchev–Trinajstić information content (AvgIpc) is 2.90. The molecule has 0 fully saturated rings. The monoisotopic (exact) mass is 281 g/mol. The van der Waals surface area contributed by atoms with Crippen LogP contribution in [-0.4, -0.2) is 22.0 Å². The molecule has 1 aromatic carbocycles. The van der Waals surface area contributed by atoms with Gasteiger partial charge in [-0.2, -0.15) is 5.10 Å². The molecule has 5 nitrogen and oxygen atoms in total. The van der Waals surface area contributed by atoms with Crippen molar-refractivity contribution >= 4 is 33.5 Å². The average molecular weight is 281 g/mol. The molecule has 0 spiro atoms. The number of fused-ring (bicyclic) bond motifs is 1. The maximum atomic E-state index is 5.77. The summed E-state index contributed by atoms with van der Waals surface area (Å²) in [5, 5.41) is 9.12. The zero-order valence-electron chi connectivity index (χ0n) is 10.5. The van der Waals surface area contributed by atoms with Crippen molar-refractivity contribution in [3.8, 4) is 0 Å². The van der Waals surface area contributed by atoms with Gasteiger partial charge in [0.1, 0.15) is 5.69 Å². The maximum Gasteiger partial charge on any atom is 0.173 e. The molecule has 0 bridgehead atoms. The summed E-state index contributed by atoms with van der Waals surface area (Å²) in [6, 6.07) is 10.2. The summed E-state index contributed by atoms with van der Waals surface area (Å²) in [7, 11) is 0. The van der Waals surface area contributed by atoms with Crippen LogP contribution >= 0.6 is 11.3 Å². The van der Waals surface area contributed by atoms with Gasteiger partial charge in [-0.3, -0.25) is 4.98 Å². The summed E-state index contributed by atoms with van der Waals surface area (Å²) in [6.07, 6.45) is 6.38. The Morgan fingerprint density at radius 2 is 2.15 bits per heavy atom. The minimum absolute atomic E-state index is 0.246. The van der Waals surface area contributed by atoms with Crippen LogP contribution in [0.25, 0.3) is 10.1 Å². The Kier molecular flexibility index (Phi) is 3.47. The minimum Gasteiger partial charge on any atom is -0.380 e. The van der Waals surface area contributed by atoms with E-state index in [1.54, 1.807) is 36.1 Å². The highest BCUT2D eigenvalue weighted by atomic mass is 32.1. The van der Waals surface area contributed by atoms with Gasteiger partial charge in [0.25, 0.3) is 0 Å². The third kappa shape index (κ3) is 2.70. The highest BCUT2D eigenvalue weighted by molar-refractivity contribution is 7.20. The molecule has 2 N–H and O–H groups in total. The molecule has 0 saturated carbocycles. The van der Waals surface area contributed by atoms with E-state index in [0.717, 1.165) is 4.88 Å². The van der Waals surface area contributed by atoms with Crippen molar-refractivity contribution in [1.29, 1.82) is 0 Å². The molecule has 0 atom stereocenters. The number of nitrogens with zero attached hydrogens (tertiary/aromatic N) is 4. The number of thiophene rings is 1. The van der Waals surface area contributed by atoms with Crippen LogP contribution in [0.1, 0.15) is 10.6 Å². The van der Waals surface area contributed by atoms with Crippen LogP contribution in [0.5, 0.6) is 0 Å². The van der Waals surface area contributed by atoms with Crippen molar-refractivity contribution in [3.05, 3.63) is 59.5 Å². The van der Waals surface area contributed by atoms with Crippen molar-refractivity contribution in [3.63, 3.8) is 0 Å². The Labute approximate surface area is 119 Å². The van der Waals surface area contributed by atoms with E-state index in [2.05, 4.69) is 38.4 Å². The van der Waals surface area contributed by atoms with Crippen molar-refractivity contribution in [2.24, 2.45) is 15.9 Å². The van der Waals surface area contributed by atoms with Crippen molar-refractivity contribution < 1.29 is 0 Å². The number of benzene rings is 1. The Morgan fingerprint density at radius 1 is 1.25 bits per heavy atom. The van der Waals surface area contributed by atoms with Crippen LogP contribution in [-0.2, 0) is 0 Å². The molecule has 0 amide bonds. The highest BCUT2D eigenvalue weighted by Gasteiger charge is 1.99. The predicted molar refractivity (Wildman–Crippen MR) is 82.2 cm³/mol. The first-order valence-corrected chi connectivity index (χ1v) is 6.76. The number of nitrogens with two attached hydrogens (primary N) is 1. The summed E-state index contributed by atoms with van der Waals surface area (Å²) >= 11 is 1.66. The van der Waals surface area contributed by atoms with E-state index in [9.17, 15) is 0 Å². The normalized spacial score (nSPS) is 12.3. The second-order valence-electron chi connectivity index (χ2n) is 4.01. The lowest BCUT2D eigenvalue weighted by Crippen LogP contribution is -2.14. The molecule has 6 heteroatoms. The molecular formula is C14H11N5S. The lowest BCUT2D eigenvalue weighted by molar-refractivity contribution is 1.15. The van der Waals surface area contributed by atoms with Gasteiger partial charge in [-0.15, -0.1) is 16.4 Å². The van der Waals surface area contributed by atoms with Gasteiger partial charge in [0.05, 0.1) is 12.4 Å². The Hall–Kier alpha value is -2.60. The van der Waals surface area contributed by atoms with E-state index >= 15 is 0 Å². The molecule has 0 aliphatic heterocycles. The zero-order valence-corrected chi connectivity index (χ0v) is 11.3. The molecule has 0 unspecified atom stereocenters. The molecule has 2 aromatic heterocycles. The van der Waals surface area contributed by atoms with Gasteiger partial charge < -0.3 is 5.73 Å². The zero-order chi connectivity index (χ0) is 13.8. The molecule has 20 heavy (non-hydrogen) atoms. The van der Waals surface area contributed by atoms with Gasteiger partial charge in [-0.25, -0.2) is 4.98 Å². The molecule has 98 valence electrons.